The SMILES string of the molecule is C[C@H](NC(=O)c1cc(Cl)cc(OCC2CC2)c1)c1ncnn1-c1ncc(N=S(C)(C)=O)cn1. The number of hydrogen-bond donors (Lipinski definition) is 1. The first-order valence-corrected chi connectivity index (χ1v) is 13.0. The van der Waals surface area contributed by atoms with Crippen molar-refractivity contribution < 1.29 is 13.7 Å². The maximum Gasteiger partial charge on any atom is 0.252 e. The van der Waals surface area contributed by atoms with Crippen molar-refractivity contribution >= 4 is 32.9 Å². The number of ether oxygens (including phenoxy) is 1. The summed E-state index contributed by atoms with van der Waals surface area (Å²) < 4.78 is 23.1. The van der Waals surface area contributed by atoms with Gasteiger partial charge in [0.05, 0.1) is 25.0 Å². The Kier molecular flexibility index (Phi) is 6.61. The fourth-order valence-electron chi connectivity index (χ4n) is 3.04. The first kappa shape index (κ1) is 23.1. The number of nitrogens with zero attached hydrogens (tertiary/aromatic N) is 6. The van der Waals surface area contributed by atoms with Crippen LogP contribution in [-0.4, -0.2) is 54.0 Å². The molecule has 12 heteroatoms. The Labute approximate surface area is 196 Å². The average molecular weight is 490 g/mol. The summed E-state index contributed by atoms with van der Waals surface area (Å²) in [6.45, 7) is 2.40. The molecule has 1 amide bonds. The first-order chi connectivity index (χ1) is 15.7. The number of aromatic nitrogens is 5. The maximum atomic E-state index is 12.9. The van der Waals surface area contributed by atoms with Crippen LogP contribution in [0.3, 0.4) is 0 Å². The lowest BCUT2D eigenvalue weighted by Gasteiger charge is -2.15. The molecule has 1 saturated carbocycles. The van der Waals surface area contributed by atoms with Gasteiger partial charge in [0.25, 0.3) is 11.9 Å². The minimum atomic E-state index is -2.32. The fourth-order valence-corrected chi connectivity index (χ4v) is 3.87. The van der Waals surface area contributed by atoms with Gasteiger partial charge in [-0.05, 0) is 43.9 Å². The van der Waals surface area contributed by atoms with E-state index in [9.17, 15) is 9.00 Å². The average Bonchev–Trinajstić information content (AvgIpc) is 3.45. The molecule has 2 aromatic heterocycles. The Hall–Kier alpha value is -3.05. The third-order valence-corrected chi connectivity index (χ3v) is 5.63. The molecular formula is C21H24ClN7O3S. The summed E-state index contributed by atoms with van der Waals surface area (Å²) in [7, 11) is -2.32. The minimum absolute atomic E-state index is 0.250. The van der Waals surface area contributed by atoms with Crippen LogP contribution in [0.2, 0.25) is 5.02 Å². The van der Waals surface area contributed by atoms with Gasteiger partial charge >= 0.3 is 0 Å². The maximum absolute atomic E-state index is 12.9. The lowest BCUT2D eigenvalue weighted by molar-refractivity contribution is 0.0937. The van der Waals surface area contributed by atoms with Gasteiger partial charge in [0.15, 0.2) is 5.82 Å². The molecule has 2 heterocycles. The van der Waals surface area contributed by atoms with Crippen molar-refractivity contribution in [2.45, 2.75) is 25.8 Å². The number of amides is 1. The molecular weight excluding hydrogens is 466 g/mol. The Morgan fingerprint density at radius 3 is 2.67 bits per heavy atom. The number of carbonyl (C=O) groups is 1. The van der Waals surface area contributed by atoms with E-state index in [-0.39, 0.29) is 11.9 Å². The van der Waals surface area contributed by atoms with Gasteiger partial charge in [0.2, 0.25) is 0 Å². The zero-order valence-electron chi connectivity index (χ0n) is 18.4. The second-order valence-electron chi connectivity index (χ2n) is 8.17. The van der Waals surface area contributed by atoms with Crippen LogP contribution in [0.4, 0.5) is 5.69 Å². The molecule has 1 aliphatic rings. The zero-order valence-corrected chi connectivity index (χ0v) is 20.0. The van der Waals surface area contributed by atoms with E-state index in [0.717, 1.165) is 0 Å². The summed E-state index contributed by atoms with van der Waals surface area (Å²) in [5.41, 5.74) is 0.786. The Balaban J connectivity index is 1.48. The van der Waals surface area contributed by atoms with Crippen LogP contribution >= 0.6 is 11.6 Å². The number of carbonyl (C=O) groups excluding carboxylic acids is 1. The van der Waals surface area contributed by atoms with Crippen LogP contribution in [0, 0.1) is 5.92 Å². The molecule has 1 aromatic carbocycles. The molecule has 0 aliphatic heterocycles. The molecule has 0 saturated heterocycles. The standard InChI is InChI=1S/C21H24ClN7O3S/c1-13(27-20(30)15-6-16(22)8-18(7-15)32-11-14-4-5-14)19-25-12-26-29(19)21-23-9-17(10-24-21)28-33(2,3)31/h6-10,12-14H,4-5,11H2,1-3H3,(H,27,30)/t13-/m0/s1. The third kappa shape index (κ3) is 6.26. The summed E-state index contributed by atoms with van der Waals surface area (Å²) in [6.07, 6.45) is 9.67. The second kappa shape index (κ2) is 9.44. The molecule has 3 aromatic rings. The number of halogens is 1. The summed E-state index contributed by atoms with van der Waals surface area (Å²) in [5, 5.41) is 7.48. The minimum Gasteiger partial charge on any atom is -0.493 e. The normalized spacial score (nSPS) is 14.5. The summed E-state index contributed by atoms with van der Waals surface area (Å²) >= 11 is 6.19. The van der Waals surface area contributed by atoms with Crippen molar-refractivity contribution in [2.75, 3.05) is 19.1 Å². The molecule has 33 heavy (non-hydrogen) atoms. The van der Waals surface area contributed by atoms with E-state index >= 15 is 0 Å². The summed E-state index contributed by atoms with van der Waals surface area (Å²) in [4.78, 5) is 25.6. The highest BCUT2D eigenvalue weighted by molar-refractivity contribution is 7.92. The molecule has 0 unspecified atom stereocenters. The first-order valence-electron chi connectivity index (χ1n) is 10.3. The van der Waals surface area contributed by atoms with Gasteiger partial charge in [-0.3, -0.25) is 4.79 Å². The number of benzene rings is 1. The van der Waals surface area contributed by atoms with Gasteiger partial charge < -0.3 is 10.1 Å². The van der Waals surface area contributed by atoms with Crippen LogP contribution in [-0.2, 0) is 9.73 Å². The predicted octanol–water partition coefficient (Wildman–Crippen LogP) is 3.35. The van der Waals surface area contributed by atoms with Crippen molar-refractivity contribution in [2.24, 2.45) is 10.3 Å². The van der Waals surface area contributed by atoms with E-state index in [2.05, 4.69) is 29.7 Å². The molecule has 4 rings (SSSR count). The molecule has 174 valence electrons. The van der Waals surface area contributed by atoms with E-state index in [1.165, 1.54) is 48.8 Å². The molecule has 10 nitrogen and oxygen atoms in total. The lowest BCUT2D eigenvalue weighted by Crippen LogP contribution is -2.29. The zero-order chi connectivity index (χ0) is 23.6. The van der Waals surface area contributed by atoms with Crippen molar-refractivity contribution in [3.05, 3.63) is 53.3 Å². The molecule has 1 N–H and O–H groups in total. The predicted molar refractivity (Wildman–Crippen MR) is 125 cm³/mol. The topological polar surface area (TPSA) is 124 Å². The van der Waals surface area contributed by atoms with Crippen LogP contribution < -0.4 is 10.1 Å². The van der Waals surface area contributed by atoms with Gasteiger partial charge in [0, 0.05) is 32.8 Å². The van der Waals surface area contributed by atoms with E-state index in [1.807, 2.05) is 0 Å². The van der Waals surface area contributed by atoms with Crippen LogP contribution in [0.5, 0.6) is 5.75 Å². The third-order valence-electron chi connectivity index (χ3n) is 4.76. The van der Waals surface area contributed by atoms with Crippen LogP contribution in [0.25, 0.3) is 5.95 Å². The molecule has 0 bridgehead atoms. The van der Waals surface area contributed by atoms with Gasteiger partial charge in [0.1, 0.15) is 17.8 Å². The Morgan fingerprint density at radius 2 is 2.00 bits per heavy atom. The summed E-state index contributed by atoms with van der Waals surface area (Å²) in [5.74, 6) is 1.52. The molecule has 0 radical (unpaired) electrons. The Morgan fingerprint density at radius 1 is 1.27 bits per heavy atom. The fraction of sp³-hybridized carbons (Fsp3) is 0.381. The van der Waals surface area contributed by atoms with E-state index in [4.69, 9.17) is 16.3 Å². The quantitative estimate of drug-likeness (QED) is 0.514. The van der Waals surface area contributed by atoms with Gasteiger partial charge in [-0.25, -0.2) is 19.2 Å². The summed E-state index contributed by atoms with van der Waals surface area (Å²) in [6, 6.07) is 4.45. The monoisotopic (exact) mass is 489 g/mol. The van der Waals surface area contributed by atoms with E-state index in [0.29, 0.717) is 40.4 Å². The molecule has 1 aliphatic carbocycles. The second-order valence-corrected chi connectivity index (χ2v) is 11.2. The van der Waals surface area contributed by atoms with E-state index in [1.54, 1.807) is 25.1 Å². The number of hydrogen-bond acceptors (Lipinski definition) is 8. The number of nitrogens with one attached hydrogen (secondary N) is 1. The van der Waals surface area contributed by atoms with Crippen LogP contribution in [0.15, 0.2) is 41.3 Å². The van der Waals surface area contributed by atoms with Crippen molar-refractivity contribution in [1.82, 2.24) is 30.0 Å². The molecule has 0 spiro atoms. The lowest BCUT2D eigenvalue weighted by atomic mass is 10.2. The molecule has 1 atom stereocenters. The van der Waals surface area contributed by atoms with Crippen molar-refractivity contribution in [3.63, 3.8) is 0 Å². The van der Waals surface area contributed by atoms with Gasteiger partial charge in [-0.1, -0.05) is 11.6 Å². The van der Waals surface area contributed by atoms with Gasteiger partial charge in [-0.2, -0.15) is 14.1 Å². The number of rotatable bonds is 8. The highest BCUT2D eigenvalue weighted by Gasteiger charge is 2.23. The Bertz CT molecular complexity index is 1270. The highest BCUT2D eigenvalue weighted by Crippen LogP contribution is 2.30. The largest absolute Gasteiger partial charge is 0.493 e. The smallest absolute Gasteiger partial charge is 0.252 e. The van der Waals surface area contributed by atoms with Crippen molar-refractivity contribution in [3.8, 4) is 11.7 Å². The van der Waals surface area contributed by atoms with Crippen LogP contribution in [0.1, 0.15) is 42.0 Å². The molecule has 1 fully saturated rings. The van der Waals surface area contributed by atoms with Gasteiger partial charge in [-0.15, -0.1) is 0 Å². The van der Waals surface area contributed by atoms with E-state index < -0.39 is 15.8 Å². The van der Waals surface area contributed by atoms with Crippen molar-refractivity contribution in [1.29, 1.82) is 0 Å². The highest BCUT2D eigenvalue weighted by atomic mass is 35.5.